The summed E-state index contributed by atoms with van der Waals surface area (Å²) in [5, 5.41) is 0. The summed E-state index contributed by atoms with van der Waals surface area (Å²) < 4.78 is 5.17. The number of ether oxygens (including phenoxy) is 1. The predicted octanol–water partition coefficient (Wildman–Crippen LogP) is 3.07. The van der Waals surface area contributed by atoms with Crippen LogP contribution in [0.15, 0.2) is 42.6 Å². The Labute approximate surface area is 89.6 Å². The Balaban J connectivity index is 2.40. The molecule has 15 heavy (non-hydrogen) atoms. The van der Waals surface area contributed by atoms with Crippen LogP contribution in [0.5, 0.6) is 5.75 Å². The molecule has 0 unspecified atom stereocenters. The minimum atomic E-state index is 0.856. The van der Waals surface area contributed by atoms with Crippen LogP contribution in [-0.4, -0.2) is 12.1 Å². The van der Waals surface area contributed by atoms with Gasteiger partial charge in [0.15, 0.2) is 0 Å². The van der Waals surface area contributed by atoms with Crippen LogP contribution < -0.4 is 4.74 Å². The lowest BCUT2D eigenvalue weighted by molar-refractivity contribution is 0.415. The van der Waals surface area contributed by atoms with Crippen molar-refractivity contribution < 1.29 is 4.74 Å². The molecule has 2 heteroatoms. The van der Waals surface area contributed by atoms with Crippen molar-refractivity contribution in [2.24, 2.45) is 0 Å². The van der Waals surface area contributed by atoms with Crippen LogP contribution in [0.3, 0.4) is 0 Å². The van der Waals surface area contributed by atoms with Crippen molar-refractivity contribution in [3.63, 3.8) is 0 Å². The zero-order chi connectivity index (χ0) is 10.7. The van der Waals surface area contributed by atoms with Gasteiger partial charge in [0.05, 0.1) is 12.8 Å². The highest BCUT2D eigenvalue weighted by Crippen LogP contribution is 2.21. The highest BCUT2D eigenvalue weighted by atomic mass is 16.5. The summed E-state index contributed by atoms with van der Waals surface area (Å²) >= 11 is 0. The van der Waals surface area contributed by atoms with Gasteiger partial charge in [-0.2, -0.15) is 0 Å². The molecule has 0 aliphatic carbocycles. The lowest BCUT2D eigenvalue weighted by Gasteiger charge is -2.03. The van der Waals surface area contributed by atoms with Crippen molar-refractivity contribution in [3.8, 4) is 17.0 Å². The molecular weight excluding hydrogens is 186 g/mol. The molecule has 76 valence electrons. The standard InChI is InChI=1S/C13H13NO/c1-10-6-7-13(14-9-10)11-4-3-5-12(8-11)15-2/h3-9H,1-2H3. The Morgan fingerprint density at radius 2 is 2.00 bits per heavy atom. The molecule has 0 saturated carbocycles. The Morgan fingerprint density at radius 3 is 2.67 bits per heavy atom. The van der Waals surface area contributed by atoms with Crippen LogP contribution in [0.4, 0.5) is 0 Å². The van der Waals surface area contributed by atoms with Gasteiger partial charge in [-0.1, -0.05) is 18.2 Å². The van der Waals surface area contributed by atoms with Gasteiger partial charge in [0.25, 0.3) is 0 Å². The molecule has 1 heterocycles. The normalized spacial score (nSPS) is 10.0. The first-order chi connectivity index (χ1) is 7.29. The molecule has 1 aromatic carbocycles. The quantitative estimate of drug-likeness (QED) is 0.741. The number of hydrogen-bond acceptors (Lipinski definition) is 2. The smallest absolute Gasteiger partial charge is 0.119 e. The average molecular weight is 199 g/mol. The van der Waals surface area contributed by atoms with Gasteiger partial charge in [0, 0.05) is 11.8 Å². The van der Waals surface area contributed by atoms with Gasteiger partial charge in [-0.05, 0) is 30.7 Å². The summed E-state index contributed by atoms with van der Waals surface area (Å²) in [6.07, 6.45) is 1.87. The van der Waals surface area contributed by atoms with Crippen molar-refractivity contribution >= 4 is 0 Å². The van der Waals surface area contributed by atoms with Crippen molar-refractivity contribution in [2.45, 2.75) is 6.92 Å². The molecular formula is C13H13NO. The molecule has 0 spiro atoms. The average Bonchev–Trinajstić information content (AvgIpc) is 2.30. The predicted molar refractivity (Wildman–Crippen MR) is 61.0 cm³/mol. The van der Waals surface area contributed by atoms with Crippen LogP contribution in [0.1, 0.15) is 5.56 Å². The molecule has 2 aromatic rings. The van der Waals surface area contributed by atoms with E-state index in [1.54, 1.807) is 7.11 Å². The van der Waals surface area contributed by atoms with Crippen molar-refractivity contribution in [3.05, 3.63) is 48.2 Å². The van der Waals surface area contributed by atoms with Crippen molar-refractivity contribution in [1.29, 1.82) is 0 Å². The third-order valence-electron chi connectivity index (χ3n) is 2.28. The first-order valence-corrected chi connectivity index (χ1v) is 4.86. The summed E-state index contributed by atoms with van der Waals surface area (Å²) in [5.41, 5.74) is 3.22. The minimum Gasteiger partial charge on any atom is -0.497 e. The van der Waals surface area contributed by atoms with E-state index in [0.29, 0.717) is 0 Å². The number of rotatable bonds is 2. The fourth-order valence-electron chi connectivity index (χ4n) is 1.42. The third-order valence-corrected chi connectivity index (χ3v) is 2.28. The van der Waals surface area contributed by atoms with Crippen LogP contribution in [0.25, 0.3) is 11.3 Å². The zero-order valence-corrected chi connectivity index (χ0v) is 8.90. The lowest BCUT2D eigenvalue weighted by Crippen LogP contribution is -1.86. The molecule has 2 nitrogen and oxygen atoms in total. The highest BCUT2D eigenvalue weighted by molar-refractivity contribution is 5.61. The second kappa shape index (κ2) is 4.13. The number of benzene rings is 1. The van der Waals surface area contributed by atoms with Crippen LogP contribution in [-0.2, 0) is 0 Å². The van der Waals surface area contributed by atoms with Gasteiger partial charge in [-0.15, -0.1) is 0 Å². The Bertz CT molecular complexity index is 448. The highest BCUT2D eigenvalue weighted by Gasteiger charge is 1.99. The molecule has 0 aliphatic heterocycles. The topological polar surface area (TPSA) is 22.1 Å². The number of pyridine rings is 1. The van der Waals surface area contributed by atoms with E-state index in [1.165, 1.54) is 5.56 Å². The van der Waals surface area contributed by atoms with E-state index >= 15 is 0 Å². The molecule has 0 fully saturated rings. The second-order valence-corrected chi connectivity index (χ2v) is 3.45. The van der Waals surface area contributed by atoms with Gasteiger partial charge < -0.3 is 4.74 Å². The van der Waals surface area contributed by atoms with E-state index in [0.717, 1.165) is 17.0 Å². The molecule has 0 amide bonds. The Morgan fingerprint density at radius 1 is 1.13 bits per heavy atom. The van der Waals surface area contributed by atoms with Gasteiger partial charge in [-0.25, -0.2) is 0 Å². The maximum atomic E-state index is 5.17. The van der Waals surface area contributed by atoms with Gasteiger partial charge >= 0.3 is 0 Å². The summed E-state index contributed by atoms with van der Waals surface area (Å²) in [6.45, 7) is 2.03. The van der Waals surface area contributed by atoms with Gasteiger partial charge in [0.1, 0.15) is 5.75 Å². The fraction of sp³-hybridized carbons (Fsp3) is 0.154. The summed E-state index contributed by atoms with van der Waals surface area (Å²) in [5.74, 6) is 0.856. The summed E-state index contributed by atoms with van der Waals surface area (Å²) in [4.78, 5) is 4.37. The molecule has 0 N–H and O–H groups in total. The summed E-state index contributed by atoms with van der Waals surface area (Å²) in [6, 6.07) is 12.0. The minimum absolute atomic E-state index is 0.856. The molecule has 0 saturated heterocycles. The number of methoxy groups -OCH3 is 1. The lowest BCUT2D eigenvalue weighted by atomic mass is 10.1. The zero-order valence-electron chi connectivity index (χ0n) is 8.90. The molecule has 2 rings (SSSR count). The largest absolute Gasteiger partial charge is 0.497 e. The number of aromatic nitrogens is 1. The van der Waals surface area contributed by atoms with Crippen LogP contribution >= 0.6 is 0 Å². The van der Waals surface area contributed by atoms with E-state index in [1.807, 2.05) is 43.5 Å². The number of nitrogens with zero attached hydrogens (tertiary/aromatic N) is 1. The van der Waals surface area contributed by atoms with Crippen LogP contribution in [0.2, 0.25) is 0 Å². The third kappa shape index (κ3) is 2.15. The first-order valence-electron chi connectivity index (χ1n) is 4.86. The summed E-state index contributed by atoms with van der Waals surface area (Å²) in [7, 11) is 1.67. The van der Waals surface area contributed by atoms with E-state index in [2.05, 4.69) is 11.1 Å². The van der Waals surface area contributed by atoms with Crippen molar-refractivity contribution in [2.75, 3.05) is 7.11 Å². The number of hydrogen-bond donors (Lipinski definition) is 0. The second-order valence-electron chi connectivity index (χ2n) is 3.45. The maximum Gasteiger partial charge on any atom is 0.119 e. The Hall–Kier alpha value is -1.83. The number of aryl methyl sites for hydroxylation is 1. The van der Waals surface area contributed by atoms with Gasteiger partial charge in [-0.3, -0.25) is 4.98 Å². The van der Waals surface area contributed by atoms with E-state index in [-0.39, 0.29) is 0 Å². The molecule has 1 aromatic heterocycles. The first kappa shape index (κ1) is 9.71. The Kier molecular flexibility index (Phi) is 2.68. The monoisotopic (exact) mass is 199 g/mol. The maximum absolute atomic E-state index is 5.17. The van der Waals surface area contributed by atoms with E-state index in [4.69, 9.17) is 4.74 Å². The van der Waals surface area contributed by atoms with Crippen molar-refractivity contribution in [1.82, 2.24) is 4.98 Å². The fourth-order valence-corrected chi connectivity index (χ4v) is 1.42. The SMILES string of the molecule is COc1cccc(-c2ccc(C)cn2)c1. The molecule has 0 atom stereocenters. The van der Waals surface area contributed by atoms with Crippen LogP contribution in [0, 0.1) is 6.92 Å². The van der Waals surface area contributed by atoms with Gasteiger partial charge in [0.2, 0.25) is 0 Å². The van der Waals surface area contributed by atoms with E-state index in [9.17, 15) is 0 Å². The van der Waals surface area contributed by atoms with E-state index < -0.39 is 0 Å². The molecule has 0 bridgehead atoms. The molecule has 0 radical (unpaired) electrons. The molecule has 0 aliphatic rings.